The van der Waals surface area contributed by atoms with Crippen molar-refractivity contribution >= 4 is 51.4 Å². The van der Waals surface area contributed by atoms with E-state index in [1.807, 2.05) is 42.6 Å². The van der Waals surface area contributed by atoms with Gasteiger partial charge in [0.05, 0.1) is 26.6 Å². The Balaban J connectivity index is 1.74. The highest BCUT2D eigenvalue weighted by Gasteiger charge is 2.24. The number of amides is 2. The molecule has 9 heteroatoms. The maximum atomic E-state index is 12.9. The molecule has 3 rings (SSSR count). The van der Waals surface area contributed by atoms with Crippen molar-refractivity contribution < 1.29 is 9.59 Å². The van der Waals surface area contributed by atoms with Crippen LogP contribution >= 0.6 is 34.4 Å². The van der Waals surface area contributed by atoms with E-state index in [1.54, 1.807) is 12.1 Å². The maximum absolute atomic E-state index is 12.9. The lowest BCUT2D eigenvalue weighted by atomic mass is 10.1. The number of nitrogens with one attached hydrogen (secondary N) is 2. The number of rotatable bonds is 8. The number of thiophene rings is 1. The predicted molar refractivity (Wildman–Crippen MR) is 118 cm³/mol. The van der Waals surface area contributed by atoms with E-state index in [4.69, 9.17) is 5.26 Å². The zero-order chi connectivity index (χ0) is 20.6. The molecule has 0 radical (unpaired) electrons. The number of hydrogen-bond acceptors (Lipinski definition) is 7. The number of aromatic nitrogens is 1. The number of benzene rings is 1. The van der Waals surface area contributed by atoms with Gasteiger partial charge in [0, 0.05) is 6.42 Å². The van der Waals surface area contributed by atoms with Crippen molar-refractivity contribution in [1.82, 2.24) is 10.3 Å². The van der Waals surface area contributed by atoms with Gasteiger partial charge in [0.25, 0.3) is 5.91 Å². The average Bonchev–Trinajstić information content (AvgIpc) is 3.36. The first-order valence-corrected chi connectivity index (χ1v) is 11.4. The second kappa shape index (κ2) is 10.2. The highest BCUT2D eigenvalue weighted by atomic mass is 32.2. The van der Waals surface area contributed by atoms with Crippen LogP contribution in [0.4, 0.5) is 5.13 Å². The van der Waals surface area contributed by atoms with Crippen LogP contribution in [0.5, 0.6) is 0 Å². The van der Waals surface area contributed by atoms with E-state index in [9.17, 15) is 9.59 Å². The molecule has 2 N–H and O–H groups in total. The summed E-state index contributed by atoms with van der Waals surface area (Å²) in [4.78, 5) is 30.4. The number of nitrogens with zero attached hydrogens (tertiary/aromatic N) is 2. The van der Waals surface area contributed by atoms with Gasteiger partial charge in [-0.1, -0.05) is 59.5 Å². The van der Waals surface area contributed by atoms with Gasteiger partial charge < -0.3 is 10.6 Å². The summed E-state index contributed by atoms with van der Waals surface area (Å²) in [6.45, 7) is 1.84. The van der Waals surface area contributed by atoms with Crippen LogP contribution in [-0.4, -0.2) is 28.6 Å². The van der Waals surface area contributed by atoms with Crippen molar-refractivity contribution in [1.29, 1.82) is 5.26 Å². The summed E-state index contributed by atoms with van der Waals surface area (Å²) >= 11 is 4.04. The molecule has 1 unspecified atom stereocenters. The van der Waals surface area contributed by atoms with Crippen molar-refractivity contribution in [2.45, 2.75) is 23.6 Å². The Labute approximate surface area is 181 Å². The number of aryl methyl sites for hydroxylation is 1. The number of anilines is 1. The quantitative estimate of drug-likeness (QED) is 0.512. The van der Waals surface area contributed by atoms with Crippen LogP contribution in [0, 0.1) is 18.3 Å². The van der Waals surface area contributed by atoms with Gasteiger partial charge in [-0.25, -0.2) is 4.98 Å². The number of carbonyl (C=O) groups is 2. The summed E-state index contributed by atoms with van der Waals surface area (Å²) < 4.78 is 0.893. The fourth-order valence-corrected chi connectivity index (χ4v) is 4.99. The third-order valence-electron chi connectivity index (χ3n) is 3.90. The minimum absolute atomic E-state index is 0.281. The molecule has 148 valence electrons. The van der Waals surface area contributed by atoms with Gasteiger partial charge in [-0.15, -0.1) is 11.3 Å². The van der Waals surface area contributed by atoms with Gasteiger partial charge in [-0.05, 0) is 23.9 Å². The van der Waals surface area contributed by atoms with E-state index in [0.29, 0.717) is 22.2 Å². The van der Waals surface area contributed by atoms with Crippen LogP contribution in [0.2, 0.25) is 0 Å². The molecule has 0 saturated heterocycles. The van der Waals surface area contributed by atoms with E-state index in [0.717, 1.165) is 15.5 Å². The first-order valence-electron chi connectivity index (χ1n) is 8.73. The number of nitriles is 1. The van der Waals surface area contributed by atoms with Gasteiger partial charge in [0.2, 0.25) is 5.91 Å². The molecule has 0 bridgehead atoms. The predicted octanol–water partition coefficient (Wildman–Crippen LogP) is 4.11. The van der Waals surface area contributed by atoms with Crippen LogP contribution in [0.3, 0.4) is 0 Å². The van der Waals surface area contributed by atoms with Crippen molar-refractivity contribution in [3.63, 3.8) is 0 Å². The molecule has 0 aliphatic carbocycles. The average molecular weight is 443 g/mol. The fourth-order valence-electron chi connectivity index (χ4n) is 2.56. The number of thiazole rings is 1. The molecule has 0 aliphatic heterocycles. The largest absolute Gasteiger partial charge is 0.339 e. The van der Waals surface area contributed by atoms with Gasteiger partial charge in [0.15, 0.2) is 5.13 Å². The maximum Gasteiger partial charge on any atom is 0.262 e. The zero-order valence-electron chi connectivity index (χ0n) is 15.5. The molecule has 2 amide bonds. The molecular weight excluding hydrogens is 424 g/mol. The lowest BCUT2D eigenvalue weighted by Crippen LogP contribution is -2.45. The fraction of sp³-hybridized carbons (Fsp3) is 0.200. The Morgan fingerprint density at radius 2 is 2.03 bits per heavy atom. The van der Waals surface area contributed by atoms with Crippen LogP contribution in [-0.2, 0) is 11.2 Å². The minimum Gasteiger partial charge on any atom is -0.339 e. The molecule has 2 heterocycles. The molecule has 1 atom stereocenters. The number of carbonyl (C=O) groups excluding carboxylic acids is 2. The van der Waals surface area contributed by atoms with Crippen LogP contribution < -0.4 is 10.6 Å². The topological polar surface area (TPSA) is 94.9 Å². The Hall–Kier alpha value is -2.67. The minimum atomic E-state index is -0.744. The second-order valence-electron chi connectivity index (χ2n) is 6.02. The second-order valence-corrected chi connectivity index (χ2v) is 9.21. The highest BCUT2D eigenvalue weighted by molar-refractivity contribution is 8.01. The van der Waals surface area contributed by atoms with Gasteiger partial charge in [0.1, 0.15) is 6.04 Å². The van der Waals surface area contributed by atoms with Gasteiger partial charge in [-0.2, -0.15) is 5.26 Å². The van der Waals surface area contributed by atoms with Gasteiger partial charge >= 0.3 is 0 Å². The van der Waals surface area contributed by atoms with Gasteiger partial charge in [-0.3, -0.25) is 9.59 Å². The van der Waals surface area contributed by atoms with Crippen LogP contribution in [0.15, 0.2) is 52.1 Å². The van der Waals surface area contributed by atoms with E-state index >= 15 is 0 Å². The van der Waals surface area contributed by atoms with Crippen molar-refractivity contribution in [2.24, 2.45) is 0 Å². The lowest BCUT2D eigenvalue weighted by Gasteiger charge is -2.17. The molecule has 0 fully saturated rings. The smallest absolute Gasteiger partial charge is 0.262 e. The molecule has 0 aliphatic rings. The molecule has 3 aromatic rings. The summed E-state index contributed by atoms with van der Waals surface area (Å²) in [6.07, 6.45) is 0.365. The normalized spacial score (nSPS) is 11.4. The highest BCUT2D eigenvalue weighted by Crippen LogP contribution is 2.31. The Bertz CT molecular complexity index is 1010. The third kappa shape index (κ3) is 5.90. The molecule has 2 aromatic heterocycles. The molecule has 6 nitrogen and oxygen atoms in total. The standard InChI is InChI=1S/C20H18N4O2S3/c1-13-19(28-11-9-21)29-20(22-13)24-17(25)15(12-14-6-3-2-4-7-14)23-18(26)16-8-5-10-27-16/h2-8,10,15H,11-12H2,1H3,(H,23,26)(H,22,24,25). The molecule has 1 aromatic carbocycles. The van der Waals surface area contributed by atoms with E-state index < -0.39 is 6.04 Å². The first-order chi connectivity index (χ1) is 14.1. The Kier molecular flexibility index (Phi) is 7.41. The van der Waals surface area contributed by atoms with Crippen LogP contribution in [0.1, 0.15) is 20.9 Å². The molecule has 0 saturated carbocycles. The van der Waals surface area contributed by atoms with Crippen molar-refractivity contribution in [3.05, 3.63) is 64.0 Å². The van der Waals surface area contributed by atoms with Crippen molar-refractivity contribution in [3.8, 4) is 6.07 Å². The lowest BCUT2D eigenvalue weighted by molar-refractivity contribution is -0.118. The molecule has 0 spiro atoms. The zero-order valence-corrected chi connectivity index (χ0v) is 18.0. The summed E-state index contributed by atoms with van der Waals surface area (Å²) in [5, 5.41) is 16.7. The molecular formula is C20H18N4O2S3. The molecule has 29 heavy (non-hydrogen) atoms. The Morgan fingerprint density at radius 1 is 1.24 bits per heavy atom. The summed E-state index contributed by atoms with van der Waals surface area (Å²) in [6, 6.07) is 14.4. The summed E-state index contributed by atoms with van der Waals surface area (Å²) in [5.74, 6) is -0.287. The number of hydrogen-bond donors (Lipinski definition) is 2. The summed E-state index contributed by atoms with van der Waals surface area (Å²) in [5.41, 5.74) is 1.72. The first kappa shape index (κ1) is 21.0. The van der Waals surface area contributed by atoms with E-state index in [2.05, 4.69) is 21.7 Å². The monoisotopic (exact) mass is 442 g/mol. The number of thioether (sulfide) groups is 1. The Morgan fingerprint density at radius 3 is 2.72 bits per heavy atom. The third-order valence-corrected chi connectivity index (χ3v) is 7.07. The SMILES string of the molecule is Cc1nc(NC(=O)C(Cc2ccccc2)NC(=O)c2cccs2)sc1SCC#N. The summed E-state index contributed by atoms with van der Waals surface area (Å²) in [7, 11) is 0. The van der Waals surface area contributed by atoms with E-state index in [-0.39, 0.29) is 11.8 Å². The van der Waals surface area contributed by atoms with E-state index in [1.165, 1.54) is 34.4 Å². The van der Waals surface area contributed by atoms with Crippen molar-refractivity contribution in [2.75, 3.05) is 11.1 Å². The van der Waals surface area contributed by atoms with Crippen LogP contribution in [0.25, 0.3) is 0 Å².